The van der Waals surface area contributed by atoms with Crippen LogP contribution in [0.4, 0.5) is 10.1 Å². The summed E-state index contributed by atoms with van der Waals surface area (Å²) in [7, 11) is -3.43. The Morgan fingerprint density at radius 1 is 1.40 bits per heavy atom. The van der Waals surface area contributed by atoms with Gasteiger partial charge in [-0.15, -0.1) is 0 Å². The number of benzene rings is 1. The summed E-state index contributed by atoms with van der Waals surface area (Å²) in [6.45, 7) is 1.82. The molecular weight excluding hydrogens is 217 g/mol. The van der Waals surface area contributed by atoms with E-state index < -0.39 is 15.8 Å². The molecule has 0 saturated carbocycles. The summed E-state index contributed by atoms with van der Waals surface area (Å²) in [6, 6.07) is 4.30. The van der Waals surface area contributed by atoms with Crippen molar-refractivity contribution in [1.29, 1.82) is 0 Å². The lowest BCUT2D eigenvalue weighted by molar-refractivity contribution is 0.603. The first-order chi connectivity index (χ1) is 6.92. The molecule has 1 aromatic carbocycles. The van der Waals surface area contributed by atoms with Gasteiger partial charge in [0.05, 0.1) is 11.9 Å². The zero-order valence-electron chi connectivity index (χ0n) is 8.49. The van der Waals surface area contributed by atoms with Crippen LogP contribution in [0, 0.1) is 5.82 Å². The van der Waals surface area contributed by atoms with Crippen molar-refractivity contribution in [3.63, 3.8) is 0 Å². The molecule has 0 bridgehead atoms. The van der Waals surface area contributed by atoms with Crippen molar-refractivity contribution in [3.05, 3.63) is 35.7 Å². The zero-order valence-corrected chi connectivity index (χ0v) is 9.31. The molecule has 0 aromatic heterocycles. The first kappa shape index (κ1) is 11.7. The standard InChI is InChI=1S/C10H12FNO2S/c1-3-4-8-5-6-10(9(11)7-8)12-15(2,13)14/h3-7,12H,1-2H3. The van der Waals surface area contributed by atoms with Gasteiger partial charge >= 0.3 is 0 Å². The summed E-state index contributed by atoms with van der Waals surface area (Å²) in [5.41, 5.74) is 0.653. The summed E-state index contributed by atoms with van der Waals surface area (Å²) in [5, 5.41) is 0. The van der Waals surface area contributed by atoms with Gasteiger partial charge in [-0.2, -0.15) is 0 Å². The second kappa shape index (κ2) is 4.44. The van der Waals surface area contributed by atoms with Crippen LogP contribution in [0.25, 0.3) is 6.08 Å². The number of anilines is 1. The second-order valence-corrected chi connectivity index (χ2v) is 4.86. The van der Waals surface area contributed by atoms with E-state index in [2.05, 4.69) is 4.72 Å². The van der Waals surface area contributed by atoms with E-state index in [1.807, 2.05) is 6.92 Å². The molecule has 0 unspecified atom stereocenters. The number of sulfonamides is 1. The lowest BCUT2D eigenvalue weighted by Gasteiger charge is -2.05. The predicted molar refractivity (Wildman–Crippen MR) is 59.6 cm³/mol. The molecule has 1 rings (SSSR count). The van der Waals surface area contributed by atoms with Crippen molar-refractivity contribution in [2.24, 2.45) is 0 Å². The van der Waals surface area contributed by atoms with E-state index in [1.165, 1.54) is 12.1 Å². The molecule has 0 radical (unpaired) electrons. The van der Waals surface area contributed by atoms with Crippen LogP contribution in [0.2, 0.25) is 0 Å². The summed E-state index contributed by atoms with van der Waals surface area (Å²) < 4.78 is 37.2. The molecule has 0 aliphatic carbocycles. The Morgan fingerprint density at radius 2 is 2.07 bits per heavy atom. The van der Waals surface area contributed by atoms with Gasteiger partial charge in [-0.3, -0.25) is 4.72 Å². The van der Waals surface area contributed by atoms with Crippen LogP contribution in [0.15, 0.2) is 24.3 Å². The van der Waals surface area contributed by atoms with Crippen LogP contribution < -0.4 is 4.72 Å². The summed E-state index contributed by atoms with van der Waals surface area (Å²) in [5.74, 6) is -0.587. The number of nitrogens with one attached hydrogen (secondary N) is 1. The van der Waals surface area contributed by atoms with E-state index in [1.54, 1.807) is 18.2 Å². The normalized spacial score (nSPS) is 11.9. The topological polar surface area (TPSA) is 46.2 Å². The minimum atomic E-state index is -3.43. The van der Waals surface area contributed by atoms with E-state index in [4.69, 9.17) is 0 Å². The molecule has 0 aliphatic heterocycles. The highest BCUT2D eigenvalue weighted by atomic mass is 32.2. The molecule has 0 heterocycles. The maximum absolute atomic E-state index is 13.3. The molecule has 5 heteroatoms. The zero-order chi connectivity index (χ0) is 11.5. The largest absolute Gasteiger partial charge is 0.281 e. The molecule has 0 fully saturated rings. The molecule has 0 saturated heterocycles. The maximum atomic E-state index is 13.3. The summed E-state index contributed by atoms with van der Waals surface area (Å²) in [4.78, 5) is 0. The number of halogens is 1. The van der Waals surface area contributed by atoms with E-state index >= 15 is 0 Å². The Balaban J connectivity index is 3.03. The third-order valence-corrected chi connectivity index (χ3v) is 2.24. The third-order valence-electron chi connectivity index (χ3n) is 1.65. The fourth-order valence-electron chi connectivity index (χ4n) is 1.11. The van der Waals surface area contributed by atoms with Gasteiger partial charge in [-0.1, -0.05) is 18.2 Å². The Kier molecular flexibility index (Phi) is 3.47. The molecule has 1 aromatic rings. The van der Waals surface area contributed by atoms with Gasteiger partial charge in [0.15, 0.2) is 0 Å². The average Bonchev–Trinajstić information content (AvgIpc) is 2.08. The van der Waals surface area contributed by atoms with Crippen molar-refractivity contribution in [1.82, 2.24) is 0 Å². The monoisotopic (exact) mass is 229 g/mol. The van der Waals surface area contributed by atoms with Crippen molar-refractivity contribution in [2.75, 3.05) is 11.0 Å². The highest BCUT2D eigenvalue weighted by Gasteiger charge is 2.07. The van der Waals surface area contributed by atoms with Crippen molar-refractivity contribution in [3.8, 4) is 0 Å². The van der Waals surface area contributed by atoms with Gasteiger partial charge in [0.1, 0.15) is 5.82 Å². The SMILES string of the molecule is CC=Cc1ccc(NS(C)(=O)=O)c(F)c1. The van der Waals surface area contributed by atoms with Crippen molar-refractivity contribution >= 4 is 21.8 Å². The molecule has 1 N–H and O–H groups in total. The third kappa shape index (κ3) is 3.71. The van der Waals surface area contributed by atoms with Crippen molar-refractivity contribution in [2.45, 2.75) is 6.92 Å². The van der Waals surface area contributed by atoms with Crippen molar-refractivity contribution < 1.29 is 12.8 Å². The molecule has 0 aliphatic rings. The minimum Gasteiger partial charge on any atom is -0.281 e. The highest BCUT2D eigenvalue weighted by molar-refractivity contribution is 7.92. The number of allylic oxidation sites excluding steroid dienone is 1. The van der Waals surface area contributed by atoms with Crippen LogP contribution in [-0.2, 0) is 10.0 Å². The van der Waals surface area contributed by atoms with Gasteiger partial charge in [-0.25, -0.2) is 12.8 Å². The quantitative estimate of drug-likeness (QED) is 0.863. The Hall–Kier alpha value is -1.36. The van der Waals surface area contributed by atoms with Gasteiger partial charge in [-0.05, 0) is 24.6 Å². The van der Waals surface area contributed by atoms with E-state index in [-0.39, 0.29) is 5.69 Å². The first-order valence-corrected chi connectivity index (χ1v) is 6.21. The maximum Gasteiger partial charge on any atom is 0.229 e. The van der Waals surface area contributed by atoms with Gasteiger partial charge in [0.2, 0.25) is 10.0 Å². The second-order valence-electron chi connectivity index (χ2n) is 3.11. The average molecular weight is 229 g/mol. The van der Waals surface area contributed by atoms with Crippen LogP contribution in [0.3, 0.4) is 0 Å². The highest BCUT2D eigenvalue weighted by Crippen LogP contribution is 2.17. The lowest BCUT2D eigenvalue weighted by atomic mass is 10.2. The van der Waals surface area contributed by atoms with Crippen LogP contribution >= 0.6 is 0 Å². The van der Waals surface area contributed by atoms with E-state index in [0.29, 0.717) is 5.56 Å². The molecule has 0 spiro atoms. The Bertz CT molecular complexity index is 480. The predicted octanol–water partition coefficient (Wildman–Crippen LogP) is 2.23. The van der Waals surface area contributed by atoms with E-state index in [9.17, 15) is 12.8 Å². The van der Waals surface area contributed by atoms with Crippen LogP contribution in [-0.4, -0.2) is 14.7 Å². The molecule has 3 nitrogen and oxygen atoms in total. The fourth-order valence-corrected chi connectivity index (χ4v) is 1.67. The Labute approximate surface area is 88.7 Å². The molecular formula is C10H12FNO2S. The first-order valence-electron chi connectivity index (χ1n) is 4.32. The Morgan fingerprint density at radius 3 is 2.53 bits per heavy atom. The van der Waals surface area contributed by atoms with E-state index in [0.717, 1.165) is 6.26 Å². The molecule has 82 valence electrons. The molecule has 0 atom stereocenters. The van der Waals surface area contributed by atoms with Crippen LogP contribution in [0.1, 0.15) is 12.5 Å². The van der Waals surface area contributed by atoms with Gasteiger partial charge in [0.25, 0.3) is 0 Å². The summed E-state index contributed by atoms with van der Waals surface area (Å²) >= 11 is 0. The van der Waals surface area contributed by atoms with Crippen LogP contribution in [0.5, 0.6) is 0 Å². The smallest absolute Gasteiger partial charge is 0.229 e. The summed E-state index contributed by atoms with van der Waals surface area (Å²) in [6.07, 6.45) is 4.48. The van der Waals surface area contributed by atoms with Gasteiger partial charge in [0, 0.05) is 0 Å². The number of hydrogen-bond donors (Lipinski definition) is 1. The number of rotatable bonds is 3. The fraction of sp³-hybridized carbons (Fsp3) is 0.200. The lowest BCUT2D eigenvalue weighted by Crippen LogP contribution is -2.10. The molecule has 0 amide bonds. The number of hydrogen-bond acceptors (Lipinski definition) is 2. The molecule has 15 heavy (non-hydrogen) atoms. The van der Waals surface area contributed by atoms with Gasteiger partial charge < -0.3 is 0 Å². The minimum absolute atomic E-state index is 0.0363.